The molecule has 2 aromatic heterocycles. The summed E-state index contributed by atoms with van der Waals surface area (Å²) >= 11 is 0. The molecule has 0 unspecified atom stereocenters. The number of aromatic nitrogens is 6. The van der Waals surface area contributed by atoms with Crippen molar-refractivity contribution < 1.29 is 0 Å². The Morgan fingerprint density at radius 3 is 2.67 bits per heavy atom. The molecule has 0 radical (unpaired) electrons. The monoisotopic (exact) mass is 282 g/mol. The summed E-state index contributed by atoms with van der Waals surface area (Å²) in [7, 11) is 0. The molecule has 0 fully saturated rings. The molecule has 0 aliphatic heterocycles. The van der Waals surface area contributed by atoms with Gasteiger partial charge < -0.3 is 11.1 Å². The van der Waals surface area contributed by atoms with Crippen molar-refractivity contribution >= 4 is 17.6 Å². The molecule has 0 amide bonds. The lowest BCUT2D eigenvalue weighted by Crippen LogP contribution is -2.09. The van der Waals surface area contributed by atoms with Crippen LogP contribution in [0.4, 0.5) is 17.6 Å². The fourth-order valence-electron chi connectivity index (χ4n) is 1.80. The Morgan fingerprint density at radius 1 is 1.10 bits per heavy atom. The van der Waals surface area contributed by atoms with Gasteiger partial charge in [-0.05, 0) is 37.1 Å². The van der Waals surface area contributed by atoms with E-state index in [2.05, 4.69) is 37.3 Å². The Balaban J connectivity index is 1.93. The number of benzene rings is 1. The SMILES string of the molecule is Cc1ccc(Nc2nc(N)nc(-n3cncn3)n2)cc1C. The largest absolute Gasteiger partial charge is 0.368 e. The predicted molar refractivity (Wildman–Crippen MR) is 78.4 cm³/mol. The molecule has 0 spiro atoms. The van der Waals surface area contributed by atoms with E-state index in [1.807, 2.05) is 25.1 Å². The summed E-state index contributed by atoms with van der Waals surface area (Å²) in [6, 6.07) is 6.00. The molecule has 3 rings (SSSR count). The lowest BCUT2D eigenvalue weighted by Gasteiger charge is -2.08. The molecule has 8 heteroatoms. The van der Waals surface area contributed by atoms with E-state index >= 15 is 0 Å². The van der Waals surface area contributed by atoms with Crippen LogP contribution in [-0.4, -0.2) is 29.7 Å². The number of nitrogens with one attached hydrogen (secondary N) is 1. The molecule has 0 saturated heterocycles. The molecule has 0 aliphatic carbocycles. The lowest BCUT2D eigenvalue weighted by molar-refractivity contribution is 0.800. The summed E-state index contributed by atoms with van der Waals surface area (Å²) < 4.78 is 1.42. The number of nitrogens with zero attached hydrogens (tertiary/aromatic N) is 6. The summed E-state index contributed by atoms with van der Waals surface area (Å²) in [5.41, 5.74) is 8.99. The molecular formula is C13H14N8. The number of rotatable bonds is 3. The highest BCUT2D eigenvalue weighted by Gasteiger charge is 2.07. The van der Waals surface area contributed by atoms with Crippen LogP contribution in [0.1, 0.15) is 11.1 Å². The average molecular weight is 282 g/mol. The average Bonchev–Trinajstić information content (AvgIpc) is 2.96. The van der Waals surface area contributed by atoms with E-state index in [1.165, 1.54) is 28.5 Å². The smallest absolute Gasteiger partial charge is 0.258 e. The van der Waals surface area contributed by atoms with Crippen molar-refractivity contribution in [1.82, 2.24) is 29.7 Å². The molecule has 8 nitrogen and oxygen atoms in total. The standard InChI is InChI=1S/C13H14N8/c1-8-3-4-10(5-9(8)2)17-12-18-11(14)19-13(20-12)21-7-15-6-16-21/h3-7H,1-2H3,(H3,14,17,18,19,20). The number of anilines is 3. The maximum Gasteiger partial charge on any atom is 0.258 e. The number of hydrogen-bond donors (Lipinski definition) is 2. The van der Waals surface area contributed by atoms with E-state index < -0.39 is 0 Å². The Morgan fingerprint density at radius 2 is 1.95 bits per heavy atom. The number of hydrogen-bond acceptors (Lipinski definition) is 7. The minimum absolute atomic E-state index is 0.113. The lowest BCUT2D eigenvalue weighted by atomic mass is 10.1. The maximum atomic E-state index is 5.71. The van der Waals surface area contributed by atoms with Crippen LogP contribution in [-0.2, 0) is 0 Å². The molecular weight excluding hydrogens is 268 g/mol. The van der Waals surface area contributed by atoms with Gasteiger partial charge in [-0.2, -0.15) is 24.7 Å². The van der Waals surface area contributed by atoms with Gasteiger partial charge in [0, 0.05) is 5.69 Å². The molecule has 0 saturated carbocycles. The zero-order valence-corrected chi connectivity index (χ0v) is 11.6. The predicted octanol–water partition coefficient (Wildman–Crippen LogP) is 1.39. The van der Waals surface area contributed by atoms with Crippen molar-refractivity contribution in [3.05, 3.63) is 42.0 Å². The molecule has 0 bridgehead atoms. The van der Waals surface area contributed by atoms with E-state index in [-0.39, 0.29) is 5.95 Å². The third-order valence-corrected chi connectivity index (χ3v) is 3.03. The maximum absolute atomic E-state index is 5.71. The zero-order chi connectivity index (χ0) is 14.8. The van der Waals surface area contributed by atoms with Crippen LogP contribution in [0.2, 0.25) is 0 Å². The van der Waals surface area contributed by atoms with E-state index in [4.69, 9.17) is 5.73 Å². The highest BCUT2D eigenvalue weighted by molar-refractivity contribution is 5.56. The van der Waals surface area contributed by atoms with E-state index in [0.717, 1.165) is 5.69 Å². The van der Waals surface area contributed by atoms with Crippen LogP contribution in [0.15, 0.2) is 30.9 Å². The van der Waals surface area contributed by atoms with Gasteiger partial charge in [0.2, 0.25) is 11.9 Å². The Kier molecular flexibility index (Phi) is 3.19. The van der Waals surface area contributed by atoms with Crippen LogP contribution in [0.25, 0.3) is 5.95 Å². The van der Waals surface area contributed by atoms with Gasteiger partial charge in [0.1, 0.15) is 12.7 Å². The number of nitrogen functional groups attached to an aromatic ring is 1. The fraction of sp³-hybridized carbons (Fsp3) is 0.154. The summed E-state index contributed by atoms with van der Waals surface area (Å²) in [6.45, 7) is 4.10. The van der Waals surface area contributed by atoms with Crippen molar-refractivity contribution in [3.8, 4) is 5.95 Å². The van der Waals surface area contributed by atoms with Gasteiger partial charge in [-0.25, -0.2) is 4.98 Å². The number of nitrogens with two attached hydrogens (primary N) is 1. The van der Waals surface area contributed by atoms with Crippen LogP contribution >= 0.6 is 0 Å². The van der Waals surface area contributed by atoms with Crippen molar-refractivity contribution in [2.75, 3.05) is 11.1 Å². The first-order valence-corrected chi connectivity index (χ1v) is 6.32. The first kappa shape index (κ1) is 13.0. The Hall–Kier alpha value is -3.03. The van der Waals surface area contributed by atoms with Gasteiger partial charge in [0.25, 0.3) is 5.95 Å². The van der Waals surface area contributed by atoms with Crippen LogP contribution in [0.5, 0.6) is 0 Å². The number of aryl methyl sites for hydroxylation is 2. The van der Waals surface area contributed by atoms with Crippen molar-refractivity contribution in [3.63, 3.8) is 0 Å². The van der Waals surface area contributed by atoms with Crippen LogP contribution in [0, 0.1) is 13.8 Å². The normalized spacial score (nSPS) is 10.6. The molecule has 0 aliphatic rings. The molecule has 1 aromatic carbocycles. The van der Waals surface area contributed by atoms with Gasteiger partial charge >= 0.3 is 0 Å². The summed E-state index contributed by atoms with van der Waals surface area (Å²) in [5, 5.41) is 7.08. The van der Waals surface area contributed by atoms with Gasteiger partial charge in [-0.15, -0.1) is 0 Å². The summed E-state index contributed by atoms with van der Waals surface area (Å²) in [5.74, 6) is 0.782. The molecule has 21 heavy (non-hydrogen) atoms. The van der Waals surface area contributed by atoms with E-state index in [1.54, 1.807) is 0 Å². The molecule has 3 N–H and O–H groups in total. The topological polar surface area (TPSA) is 107 Å². The molecule has 3 aromatic rings. The second-order valence-corrected chi connectivity index (χ2v) is 4.58. The summed E-state index contributed by atoms with van der Waals surface area (Å²) in [6.07, 6.45) is 2.89. The van der Waals surface area contributed by atoms with Crippen molar-refractivity contribution in [2.45, 2.75) is 13.8 Å². The highest BCUT2D eigenvalue weighted by Crippen LogP contribution is 2.18. The highest BCUT2D eigenvalue weighted by atomic mass is 15.4. The quantitative estimate of drug-likeness (QED) is 0.747. The van der Waals surface area contributed by atoms with Crippen molar-refractivity contribution in [1.29, 1.82) is 0 Å². The van der Waals surface area contributed by atoms with Crippen molar-refractivity contribution in [2.24, 2.45) is 0 Å². The van der Waals surface area contributed by atoms with E-state index in [9.17, 15) is 0 Å². The Labute approximate surface area is 121 Å². The third kappa shape index (κ3) is 2.78. The van der Waals surface area contributed by atoms with Gasteiger partial charge in [0.15, 0.2) is 0 Å². The van der Waals surface area contributed by atoms with Crippen LogP contribution < -0.4 is 11.1 Å². The summed E-state index contributed by atoms with van der Waals surface area (Å²) in [4.78, 5) is 16.2. The minimum Gasteiger partial charge on any atom is -0.368 e. The molecule has 2 heterocycles. The first-order valence-electron chi connectivity index (χ1n) is 6.32. The third-order valence-electron chi connectivity index (χ3n) is 3.03. The zero-order valence-electron chi connectivity index (χ0n) is 11.6. The van der Waals surface area contributed by atoms with Gasteiger partial charge in [-0.3, -0.25) is 0 Å². The molecule has 106 valence electrons. The van der Waals surface area contributed by atoms with E-state index in [0.29, 0.717) is 11.9 Å². The second kappa shape index (κ2) is 5.16. The fourth-order valence-corrected chi connectivity index (χ4v) is 1.80. The van der Waals surface area contributed by atoms with Gasteiger partial charge in [0.05, 0.1) is 0 Å². The minimum atomic E-state index is 0.113. The van der Waals surface area contributed by atoms with Crippen LogP contribution in [0.3, 0.4) is 0 Å². The second-order valence-electron chi connectivity index (χ2n) is 4.58. The molecule has 0 atom stereocenters. The Bertz CT molecular complexity index is 766. The first-order chi connectivity index (χ1) is 10.1. The van der Waals surface area contributed by atoms with Gasteiger partial charge in [-0.1, -0.05) is 6.07 Å².